The molecule has 140 valence electrons. The van der Waals surface area contributed by atoms with Gasteiger partial charge in [0.25, 0.3) is 0 Å². The van der Waals surface area contributed by atoms with Crippen molar-refractivity contribution < 1.29 is 18.0 Å². The molecular formula is C17H15F3N6O. The summed E-state index contributed by atoms with van der Waals surface area (Å²) in [4.78, 5) is 22.6. The summed E-state index contributed by atoms with van der Waals surface area (Å²) in [6, 6.07) is 1.51. The molecule has 3 heterocycles. The quantitative estimate of drug-likeness (QED) is 0.755. The molecule has 0 spiro atoms. The van der Waals surface area contributed by atoms with Gasteiger partial charge in [-0.15, -0.1) is 0 Å². The smallest absolute Gasteiger partial charge is 0.303 e. The molecule has 0 bridgehead atoms. The Hall–Kier alpha value is -3.04. The minimum Gasteiger partial charge on any atom is -0.311 e. The van der Waals surface area contributed by atoms with Gasteiger partial charge in [0.2, 0.25) is 11.7 Å². The first kappa shape index (κ1) is 17.4. The first-order valence-electron chi connectivity index (χ1n) is 8.31. The van der Waals surface area contributed by atoms with Crippen LogP contribution in [-0.2, 0) is 10.7 Å². The molecule has 27 heavy (non-hydrogen) atoms. The second-order valence-corrected chi connectivity index (χ2v) is 6.59. The van der Waals surface area contributed by atoms with Crippen molar-refractivity contribution in [1.82, 2.24) is 24.7 Å². The SMILES string of the molecule is CC(=O)Nc1cc2c(cn1)c(C1CC1)nn2-c1nc(C(C)(F)F)ncc1F. The molecule has 1 aliphatic carbocycles. The number of alkyl halides is 2. The van der Waals surface area contributed by atoms with Crippen molar-refractivity contribution in [2.24, 2.45) is 0 Å². The Morgan fingerprint density at radius 3 is 2.67 bits per heavy atom. The van der Waals surface area contributed by atoms with Crippen LogP contribution in [-0.4, -0.2) is 30.6 Å². The number of pyridine rings is 1. The van der Waals surface area contributed by atoms with Gasteiger partial charge in [0, 0.05) is 37.4 Å². The number of carbonyl (C=O) groups is 1. The highest BCUT2D eigenvalue weighted by Crippen LogP contribution is 2.43. The molecule has 3 aromatic rings. The Kier molecular flexibility index (Phi) is 3.86. The number of fused-ring (bicyclic) bond motifs is 1. The Bertz CT molecular complexity index is 1050. The van der Waals surface area contributed by atoms with Crippen molar-refractivity contribution >= 4 is 22.6 Å². The highest BCUT2D eigenvalue weighted by Gasteiger charge is 2.32. The molecule has 0 saturated heterocycles. The molecule has 7 nitrogen and oxygen atoms in total. The number of nitrogens with zero attached hydrogens (tertiary/aromatic N) is 5. The standard InChI is InChI=1S/C17H15F3N6O/c1-8(27)23-13-5-12-10(6-21-13)14(9-3-4-9)25-26(12)15-11(18)7-22-16(24-15)17(2,19)20/h5-7,9H,3-4H2,1-2H3,(H,21,23,27). The van der Waals surface area contributed by atoms with Crippen LogP contribution in [0.3, 0.4) is 0 Å². The molecule has 10 heteroatoms. The summed E-state index contributed by atoms with van der Waals surface area (Å²) in [6.45, 7) is 1.97. The van der Waals surface area contributed by atoms with Crippen LogP contribution in [0, 0.1) is 5.82 Å². The third-order valence-corrected chi connectivity index (χ3v) is 4.18. The van der Waals surface area contributed by atoms with Gasteiger partial charge in [0.05, 0.1) is 17.4 Å². The molecule has 3 aromatic heterocycles. The Labute approximate surface area is 151 Å². The molecule has 1 fully saturated rings. The maximum atomic E-state index is 14.4. The van der Waals surface area contributed by atoms with Crippen molar-refractivity contribution in [3.8, 4) is 5.82 Å². The van der Waals surface area contributed by atoms with E-state index in [1.54, 1.807) is 0 Å². The van der Waals surface area contributed by atoms with Gasteiger partial charge in [-0.1, -0.05) is 0 Å². The molecule has 1 aliphatic rings. The number of halogens is 3. The summed E-state index contributed by atoms with van der Waals surface area (Å²) >= 11 is 0. The third-order valence-electron chi connectivity index (χ3n) is 4.18. The molecule has 0 atom stereocenters. The highest BCUT2D eigenvalue weighted by molar-refractivity contribution is 5.91. The fourth-order valence-corrected chi connectivity index (χ4v) is 2.82. The zero-order valence-corrected chi connectivity index (χ0v) is 14.5. The Morgan fingerprint density at radius 2 is 2.04 bits per heavy atom. The van der Waals surface area contributed by atoms with Gasteiger partial charge in [-0.2, -0.15) is 13.9 Å². The molecule has 0 aromatic carbocycles. The lowest BCUT2D eigenvalue weighted by Crippen LogP contribution is -2.16. The minimum atomic E-state index is -3.33. The number of nitrogens with one attached hydrogen (secondary N) is 1. The Morgan fingerprint density at radius 1 is 1.30 bits per heavy atom. The molecule has 1 N–H and O–H groups in total. The van der Waals surface area contributed by atoms with E-state index in [4.69, 9.17) is 0 Å². The zero-order chi connectivity index (χ0) is 19.3. The average Bonchev–Trinajstić information content (AvgIpc) is 3.35. The summed E-state index contributed by atoms with van der Waals surface area (Å²) in [5, 5.41) is 7.62. The van der Waals surface area contributed by atoms with Crippen molar-refractivity contribution in [1.29, 1.82) is 0 Å². The minimum absolute atomic E-state index is 0.208. The van der Waals surface area contributed by atoms with E-state index in [-0.39, 0.29) is 23.5 Å². The highest BCUT2D eigenvalue weighted by atomic mass is 19.3. The van der Waals surface area contributed by atoms with Crippen LogP contribution >= 0.6 is 0 Å². The Balaban J connectivity index is 1.94. The summed E-state index contributed by atoms with van der Waals surface area (Å²) in [5.41, 5.74) is 1.12. The summed E-state index contributed by atoms with van der Waals surface area (Å²) in [6.07, 6.45) is 4.11. The van der Waals surface area contributed by atoms with Gasteiger partial charge in [-0.3, -0.25) is 4.79 Å². The van der Waals surface area contributed by atoms with Gasteiger partial charge in [-0.05, 0) is 12.8 Å². The molecule has 4 rings (SSSR count). The lowest BCUT2D eigenvalue weighted by molar-refractivity contribution is -0.114. The van der Waals surface area contributed by atoms with Crippen molar-refractivity contribution in [2.75, 3.05) is 5.32 Å². The van der Waals surface area contributed by atoms with Gasteiger partial charge in [0.15, 0.2) is 11.6 Å². The van der Waals surface area contributed by atoms with Crippen LogP contribution in [0.1, 0.15) is 44.1 Å². The molecule has 1 saturated carbocycles. The molecule has 1 amide bonds. The zero-order valence-electron chi connectivity index (χ0n) is 14.5. The number of hydrogen-bond donors (Lipinski definition) is 1. The van der Waals surface area contributed by atoms with Crippen LogP contribution in [0.5, 0.6) is 0 Å². The second-order valence-electron chi connectivity index (χ2n) is 6.59. The van der Waals surface area contributed by atoms with E-state index in [2.05, 4.69) is 25.4 Å². The maximum Gasteiger partial charge on any atom is 0.303 e. The van der Waals surface area contributed by atoms with E-state index in [1.807, 2.05) is 0 Å². The van der Waals surface area contributed by atoms with E-state index in [1.165, 1.54) is 23.9 Å². The van der Waals surface area contributed by atoms with Crippen molar-refractivity contribution in [3.05, 3.63) is 35.8 Å². The fourth-order valence-electron chi connectivity index (χ4n) is 2.82. The number of carbonyl (C=O) groups excluding carboxylic acids is 1. The average molecular weight is 376 g/mol. The summed E-state index contributed by atoms with van der Waals surface area (Å²) < 4.78 is 42.8. The van der Waals surface area contributed by atoms with Crippen molar-refractivity contribution in [2.45, 2.75) is 38.5 Å². The van der Waals surface area contributed by atoms with Crippen molar-refractivity contribution in [3.63, 3.8) is 0 Å². The van der Waals surface area contributed by atoms with Crippen LogP contribution in [0.15, 0.2) is 18.5 Å². The van der Waals surface area contributed by atoms with Crippen LogP contribution in [0.25, 0.3) is 16.7 Å². The predicted octanol–water partition coefficient (Wildman–Crippen LogP) is 3.30. The van der Waals surface area contributed by atoms with E-state index >= 15 is 0 Å². The summed E-state index contributed by atoms with van der Waals surface area (Å²) in [7, 11) is 0. The van der Waals surface area contributed by atoms with Gasteiger partial charge >= 0.3 is 5.92 Å². The van der Waals surface area contributed by atoms with Gasteiger partial charge in [-0.25, -0.2) is 24.0 Å². The normalized spacial score (nSPS) is 14.6. The first-order chi connectivity index (χ1) is 12.7. The molecule has 0 unspecified atom stereocenters. The lowest BCUT2D eigenvalue weighted by Gasteiger charge is -2.11. The number of aromatic nitrogens is 5. The topological polar surface area (TPSA) is 85.6 Å². The molecule has 0 aliphatic heterocycles. The number of amides is 1. The molecule has 0 radical (unpaired) electrons. The number of anilines is 1. The van der Waals surface area contributed by atoms with Gasteiger partial charge in [0.1, 0.15) is 5.82 Å². The third kappa shape index (κ3) is 3.22. The van der Waals surface area contributed by atoms with Gasteiger partial charge < -0.3 is 5.32 Å². The number of hydrogen-bond acceptors (Lipinski definition) is 5. The molecular weight excluding hydrogens is 361 g/mol. The first-order valence-corrected chi connectivity index (χ1v) is 8.31. The van der Waals surface area contributed by atoms with Crippen LogP contribution < -0.4 is 5.32 Å². The maximum absolute atomic E-state index is 14.4. The fraction of sp³-hybridized carbons (Fsp3) is 0.353. The van der Waals surface area contributed by atoms with E-state index < -0.39 is 17.6 Å². The van der Waals surface area contributed by atoms with Crippen LogP contribution in [0.2, 0.25) is 0 Å². The second kappa shape index (κ2) is 6.00. The van der Waals surface area contributed by atoms with E-state index in [0.29, 0.717) is 29.7 Å². The van der Waals surface area contributed by atoms with E-state index in [0.717, 1.165) is 12.8 Å². The van der Waals surface area contributed by atoms with E-state index in [9.17, 15) is 18.0 Å². The largest absolute Gasteiger partial charge is 0.311 e. The lowest BCUT2D eigenvalue weighted by atomic mass is 10.2. The monoisotopic (exact) mass is 376 g/mol. The number of rotatable bonds is 4. The predicted molar refractivity (Wildman–Crippen MR) is 90.3 cm³/mol. The van der Waals surface area contributed by atoms with Crippen LogP contribution in [0.4, 0.5) is 19.0 Å². The summed E-state index contributed by atoms with van der Waals surface area (Å²) in [5.74, 6) is -5.25.